The summed E-state index contributed by atoms with van der Waals surface area (Å²) in [5.74, 6) is -0.521. The van der Waals surface area contributed by atoms with Crippen LogP contribution in [0.4, 0.5) is 4.79 Å². The molecule has 0 unspecified atom stereocenters. The first-order valence-corrected chi connectivity index (χ1v) is 11.0. The van der Waals surface area contributed by atoms with E-state index in [1.54, 1.807) is 6.92 Å². The Morgan fingerprint density at radius 1 is 0.862 bits per heavy atom. The highest BCUT2D eigenvalue weighted by molar-refractivity contribution is 8.13. The maximum Gasteiger partial charge on any atom is 0.330 e. The molecule has 6 nitrogen and oxygen atoms in total. The van der Waals surface area contributed by atoms with Crippen LogP contribution < -0.4 is 5.32 Å². The second-order valence-electron chi connectivity index (χ2n) is 7.00. The van der Waals surface area contributed by atoms with Gasteiger partial charge in [-0.1, -0.05) is 63.1 Å². The molecule has 0 radical (unpaired) electrons. The predicted molar refractivity (Wildman–Crippen MR) is 119 cm³/mol. The fourth-order valence-electron chi connectivity index (χ4n) is 2.41. The molecule has 0 bridgehead atoms. The molecule has 0 aliphatic rings. The number of hydrogen-bond donors (Lipinski definition) is 1. The van der Waals surface area contributed by atoms with E-state index in [1.165, 1.54) is 43.9 Å². The molecule has 0 heterocycles. The minimum Gasteiger partial charge on any atom is -0.460 e. The van der Waals surface area contributed by atoms with Crippen LogP contribution in [-0.4, -0.2) is 41.7 Å². The van der Waals surface area contributed by atoms with E-state index < -0.39 is 17.5 Å². The van der Waals surface area contributed by atoms with Gasteiger partial charge >= 0.3 is 11.9 Å². The molecule has 1 N–H and O–H groups in total. The summed E-state index contributed by atoms with van der Waals surface area (Å²) in [6, 6.07) is 0. The molecule has 0 spiro atoms. The van der Waals surface area contributed by atoms with Crippen LogP contribution in [0.2, 0.25) is 0 Å². The van der Waals surface area contributed by atoms with Gasteiger partial charge in [0.15, 0.2) is 0 Å². The van der Waals surface area contributed by atoms with E-state index in [0.717, 1.165) is 31.4 Å². The Morgan fingerprint density at radius 2 is 1.34 bits per heavy atom. The largest absolute Gasteiger partial charge is 0.460 e. The van der Waals surface area contributed by atoms with Crippen molar-refractivity contribution in [3.8, 4) is 0 Å². The quantitative estimate of drug-likeness (QED) is 0.154. The number of nitrogens with one attached hydrogen (secondary N) is 1. The Hall–Kier alpha value is -2.02. The van der Waals surface area contributed by atoms with E-state index in [-0.39, 0.29) is 18.5 Å². The van der Waals surface area contributed by atoms with Gasteiger partial charge in [-0.15, -0.1) is 6.58 Å². The first-order valence-electron chi connectivity index (χ1n) is 10.0. The Labute approximate surface area is 179 Å². The van der Waals surface area contributed by atoms with Crippen LogP contribution in [0.15, 0.2) is 38.0 Å². The zero-order valence-corrected chi connectivity index (χ0v) is 18.4. The molecule has 0 aliphatic heterocycles. The van der Waals surface area contributed by atoms with Crippen molar-refractivity contribution in [1.29, 1.82) is 0 Å². The second-order valence-corrected chi connectivity index (χ2v) is 8.07. The number of carbonyl (C=O) groups is 3. The molecular formula is C22H35NO5S. The maximum atomic E-state index is 12.2. The number of unbranched alkanes of at least 4 members (excludes halogenated alkanes) is 7. The molecule has 0 fully saturated rings. The standard InChI is InChI=1S/C22H35NO5S/c1-5-8-9-10-11-12-13-14-15-16-29-21(26)23-22(4,17-27-19(24)6-2)18-28-20(25)7-3/h5-7H,1-3,8-18H2,4H3,(H,23,26). The van der Waals surface area contributed by atoms with Gasteiger partial charge in [-0.2, -0.15) is 0 Å². The van der Waals surface area contributed by atoms with Gasteiger partial charge in [0.25, 0.3) is 5.24 Å². The Bertz CT molecular complexity index is 523. The van der Waals surface area contributed by atoms with E-state index in [1.807, 2.05) is 6.08 Å². The zero-order chi connectivity index (χ0) is 22.0. The fourth-order valence-corrected chi connectivity index (χ4v) is 3.27. The molecule has 0 aromatic carbocycles. The van der Waals surface area contributed by atoms with E-state index in [4.69, 9.17) is 9.47 Å². The molecular weight excluding hydrogens is 390 g/mol. The average molecular weight is 426 g/mol. The summed E-state index contributed by atoms with van der Waals surface area (Å²) in [6.45, 7) is 11.7. The van der Waals surface area contributed by atoms with Gasteiger partial charge in [0.05, 0.1) is 0 Å². The van der Waals surface area contributed by atoms with E-state index in [2.05, 4.69) is 25.1 Å². The highest BCUT2D eigenvalue weighted by Gasteiger charge is 2.30. The third kappa shape index (κ3) is 15.6. The minimum atomic E-state index is -1.03. The highest BCUT2D eigenvalue weighted by Crippen LogP contribution is 2.14. The van der Waals surface area contributed by atoms with Gasteiger partial charge in [-0.05, 0) is 26.2 Å². The van der Waals surface area contributed by atoms with Crippen LogP contribution in [0.5, 0.6) is 0 Å². The number of thioether (sulfide) groups is 1. The molecule has 0 aromatic rings. The molecule has 0 saturated carbocycles. The Balaban J connectivity index is 4.18. The number of ether oxygens (including phenoxy) is 2. The summed E-state index contributed by atoms with van der Waals surface area (Å²) in [7, 11) is 0. The molecule has 1 amide bonds. The lowest BCUT2D eigenvalue weighted by atomic mass is 10.1. The van der Waals surface area contributed by atoms with Crippen molar-refractivity contribution >= 4 is 28.9 Å². The summed E-state index contributed by atoms with van der Waals surface area (Å²) in [5.41, 5.74) is -1.03. The predicted octanol–water partition coefficient (Wildman–Crippen LogP) is 4.95. The third-order valence-electron chi connectivity index (χ3n) is 4.09. The number of allylic oxidation sites excluding steroid dienone is 1. The lowest BCUT2D eigenvalue weighted by Crippen LogP contribution is -2.52. The number of rotatable bonds is 17. The van der Waals surface area contributed by atoms with Gasteiger partial charge in [0.1, 0.15) is 18.8 Å². The van der Waals surface area contributed by atoms with Crippen LogP contribution in [-0.2, 0) is 19.1 Å². The number of amides is 1. The summed E-state index contributed by atoms with van der Waals surface area (Å²) in [5, 5.41) is 2.53. The molecule has 0 aromatic heterocycles. The van der Waals surface area contributed by atoms with Gasteiger partial charge in [-0.25, -0.2) is 9.59 Å². The first-order chi connectivity index (χ1) is 13.9. The van der Waals surface area contributed by atoms with Crippen molar-refractivity contribution in [3.05, 3.63) is 38.0 Å². The molecule has 0 atom stereocenters. The number of hydrogen-bond acceptors (Lipinski definition) is 6. The molecule has 0 aliphatic carbocycles. The normalized spacial score (nSPS) is 10.7. The van der Waals surface area contributed by atoms with Crippen molar-refractivity contribution in [2.75, 3.05) is 19.0 Å². The van der Waals surface area contributed by atoms with Crippen LogP contribution in [0.3, 0.4) is 0 Å². The van der Waals surface area contributed by atoms with Crippen molar-refractivity contribution in [2.45, 2.75) is 63.8 Å². The highest BCUT2D eigenvalue weighted by atomic mass is 32.2. The van der Waals surface area contributed by atoms with Gasteiger partial charge in [0, 0.05) is 17.9 Å². The third-order valence-corrected chi connectivity index (χ3v) is 4.95. The smallest absolute Gasteiger partial charge is 0.330 e. The topological polar surface area (TPSA) is 81.7 Å². The monoisotopic (exact) mass is 425 g/mol. The molecule has 0 rings (SSSR count). The zero-order valence-electron chi connectivity index (χ0n) is 17.6. The van der Waals surface area contributed by atoms with Crippen molar-refractivity contribution in [2.24, 2.45) is 0 Å². The Morgan fingerprint density at radius 3 is 1.83 bits per heavy atom. The average Bonchev–Trinajstić information content (AvgIpc) is 2.71. The fraction of sp³-hybridized carbons (Fsp3) is 0.591. The first kappa shape index (κ1) is 27.0. The van der Waals surface area contributed by atoms with Crippen molar-refractivity contribution in [3.63, 3.8) is 0 Å². The number of carbonyl (C=O) groups excluding carboxylic acids is 3. The molecule has 29 heavy (non-hydrogen) atoms. The van der Waals surface area contributed by atoms with Crippen LogP contribution >= 0.6 is 11.8 Å². The molecule has 7 heteroatoms. The minimum absolute atomic E-state index is 0.138. The Kier molecular flexibility index (Phi) is 15.7. The van der Waals surface area contributed by atoms with E-state index in [9.17, 15) is 14.4 Å². The van der Waals surface area contributed by atoms with Gasteiger partial charge in [-0.3, -0.25) is 4.79 Å². The summed E-state index contributed by atoms with van der Waals surface area (Å²) < 4.78 is 10.0. The van der Waals surface area contributed by atoms with Crippen molar-refractivity contribution in [1.82, 2.24) is 5.32 Å². The van der Waals surface area contributed by atoms with E-state index >= 15 is 0 Å². The maximum absolute atomic E-state index is 12.2. The molecule has 164 valence electrons. The summed E-state index contributed by atoms with van der Waals surface area (Å²) in [4.78, 5) is 34.9. The lowest BCUT2D eigenvalue weighted by Gasteiger charge is -2.29. The van der Waals surface area contributed by atoms with Gasteiger partial charge in [0.2, 0.25) is 0 Å². The number of esters is 2. The summed E-state index contributed by atoms with van der Waals surface area (Å²) >= 11 is 1.18. The SMILES string of the molecule is C=CCCCCCCCCCSC(=O)NC(C)(COC(=O)C=C)COC(=O)C=C. The molecule has 0 saturated heterocycles. The van der Waals surface area contributed by atoms with Gasteiger partial charge < -0.3 is 14.8 Å². The van der Waals surface area contributed by atoms with Crippen LogP contribution in [0.25, 0.3) is 0 Å². The van der Waals surface area contributed by atoms with Crippen molar-refractivity contribution < 1.29 is 23.9 Å². The van der Waals surface area contributed by atoms with Crippen LogP contribution in [0, 0.1) is 0 Å². The second kappa shape index (κ2) is 16.9. The van der Waals surface area contributed by atoms with Crippen LogP contribution in [0.1, 0.15) is 58.3 Å². The summed E-state index contributed by atoms with van der Waals surface area (Å²) in [6.07, 6.45) is 13.2. The van der Waals surface area contributed by atoms with E-state index in [0.29, 0.717) is 5.75 Å². The lowest BCUT2D eigenvalue weighted by molar-refractivity contribution is -0.144.